The van der Waals surface area contributed by atoms with Crippen LogP contribution in [0.25, 0.3) is 0 Å². The Kier molecular flexibility index (Phi) is 11.0. The van der Waals surface area contributed by atoms with Crippen molar-refractivity contribution in [2.45, 2.75) is 26.1 Å². The molecular formula is C22H33IN6O2. The van der Waals surface area contributed by atoms with E-state index in [1.807, 2.05) is 50.2 Å². The number of aliphatic hydroxyl groups excluding tert-OH is 1. The minimum atomic E-state index is -0.649. The molecule has 2 atom stereocenters. The Labute approximate surface area is 201 Å². The van der Waals surface area contributed by atoms with E-state index in [-0.39, 0.29) is 36.7 Å². The number of anilines is 1. The van der Waals surface area contributed by atoms with Crippen molar-refractivity contribution in [3.63, 3.8) is 0 Å². The van der Waals surface area contributed by atoms with E-state index in [0.29, 0.717) is 6.54 Å². The van der Waals surface area contributed by atoms with Crippen LogP contribution in [0.4, 0.5) is 5.95 Å². The fraction of sp³-hybridized carbons (Fsp3) is 0.500. The number of rotatable bonds is 8. The van der Waals surface area contributed by atoms with Gasteiger partial charge >= 0.3 is 0 Å². The van der Waals surface area contributed by atoms with Crippen molar-refractivity contribution in [3.8, 4) is 0 Å². The van der Waals surface area contributed by atoms with E-state index in [0.717, 1.165) is 50.2 Å². The van der Waals surface area contributed by atoms with Crippen molar-refractivity contribution >= 4 is 35.9 Å². The normalized spacial score (nSPS) is 16.4. The summed E-state index contributed by atoms with van der Waals surface area (Å²) in [5, 5.41) is 13.7. The SMILES string of the molecule is CCNC(=NCC(O)COC(C)c1ccccc1)N1CCN(c2ncccn2)CC1.I. The van der Waals surface area contributed by atoms with Gasteiger partial charge < -0.3 is 25.0 Å². The van der Waals surface area contributed by atoms with Gasteiger partial charge in [-0.1, -0.05) is 30.3 Å². The maximum absolute atomic E-state index is 10.3. The molecule has 0 amide bonds. The third-order valence-corrected chi connectivity index (χ3v) is 5.01. The van der Waals surface area contributed by atoms with E-state index in [2.05, 4.69) is 30.1 Å². The van der Waals surface area contributed by atoms with Crippen LogP contribution in [-0.4, -0.2) is 77.9 Å². The summed E-state index contributed by atoms with van der Waals surface area (Å²) in [6.07, 6.45) is 2.82. The number of guanidine groups is 1. The second kappa shape index (κ2) is 13.4. The van der Waals surface area contributed by atoms with E-state index in [4.69, 9.17) is 4.74 Å². The highest BCUT2D eigenvalue weighted by Gasteiger charge is 2.21. The topological polar surface area (TPSA) is 86.1 Å². The summed E-state index contributed by atoms with van der Waals surface area (Å²) >= 11 is 0. The van der Waals surface area contributed by atoms with E-state index in [1.165, 1.54) is 0 Å². The lowest BCUT2D eigenvalue weighted by Gasteiger charge is -2.36. The Balaban J connectivity index is 0.00000341. The number of hydrogen-bond donors (Lipinski definition) is 2. The van der Waals surface area contributed by atoms with Crippen LogP contribution in [0.2, 0.25) is 0 Å². The molecule has 2 unspecified atom stereocenters. The molecule has 2 N–H and O–H groups in total. The third kappa shape index (κ3) is 7.89. The molecule has 1 aliphatic rings. The van der Waals surface area contributed by atoms with Gasteiger partial charge in [0.05, 0.1) is 25.4 Å². The number of hydrogen-bond acceptors (Lipinski definition) is 6. The third-order valence-electron chi connectivity index (χ3n) is 5.01. The van der Waals surface area contributed by atoms with Crippen LogP contribution in [0.3, 0.4) is 0 Å². The van der Waals surface area contributed by atoms with Crippen molar-refractivity contribution < 1.29 is 9.84 Å². The van der Waals surface area contributed by atoms with Crippen molar-refractivity contribution in [1.82, 2.24) is 20.2 Å². The Hall–Kier alpha value is -1.98. The van der Waals surface area contributed by atoms with Crippen molar-refractivity contribution in [2.24, 2.45) is 4.99 Å². The first kappa shape index (κ1) is 25.3. The Morgan fingerprint density at radius 1 is 1.13 bits per heavy atom. The summed E-state index contributed by atoms with van der Waals surface area (Å²) < 4.78 is 5.82. The van der Waals surface area contributed by atoms with Gasteiger partial charge in [0, 0.05) is 45.1 Å². The van der Waals surface area contributed by atoms with Gasteiger partial charge in [0.1, 0.15) is 0 Å². The zero-order chi connectivity index (χ0) is 21.2. The molecular weight excluding hydrogens is 507 g/mol. The average molecular weight is 540 g/mol. The first-order valence-corrected chi connectivity index (χ1v) is 10.6. The molecule has 0 bridgehead atoms. The Morgan fingerprint density at radius 2 is 1.81 bits per heavy atom. The molecule has 1 aliphatic heterocycles. The first-order chi connectivity index (χ1) is 14.7. The number of halogens is 1. The predicted molar refractivity (Wildman–Crippen MR) is 134 cm³/mol. The van der Waals surface area contributed by atoms with Gasteiger partial charge in [-0.2, -0.15) is 0 Å². The molecule has 9 heteroatoms. The molecule has 1 aromatic carbocycles. The number of nitrogens with zero attached hydrogens (tertiary/aromatic N) is 5. The zero-order valence-corrected chi connectivity index (χ0v) is 20.6. The molecule has 0 spiro atoms. The summed E-state index contributed by atoms with van der Waals surface area (Å²) in [6.45, 7) is 8.66. The summed E-state index contributed by atoms with van der Waals surface area (Å²) in [5.41, 5.74) is 1.10. The molecule has 0 aliphatic carbocycles. The number of aromatic nitrogens is 2. The highest BCUT2D eigenvalue weighted by molar-refractivity contribution is 14.0. The smallest absolute Gasteiger partial charge is 0.225 e. The molecule has 31 heavy (non-hydrogen) atoms. The van der Waals surface area contributed by atoms with E-state index >= 15 is 0 Å². The molecule has 0 radical (unpaired) electrons. The van der Waals surface area contributed by atoms with Gasteiger partial charge in [-0.25, -0.2) is 9.97 Å². The zero-order valence-electron chi connectivity index (χ0n) is 18.2. The van der Waals surface area contributed by atoms with Gasteiger partial charge in [0.15, 0.2) is 5.96 Å². The molecule has 1 saturated heterocycles. The quantitative estimate of drug-likeness (QED) is 0.302. The van der Waals surface area contributed by atoms with E-state index in [9.17, 15) is 5.11 Å². The molecule has 1 fully saturated rings. The average Bonchev–Trinajstić information content (AvgIpc) is 2.81. The first-order valence-electron chi connectivity index (χ1n) is 10.6. The number of piperazine rings is 1. The number of benzene rings is 1. The maximum atomic E-state index is 10.3. The lowest BCUT2D eigenvalue weighted by atomic mass is 10.1. The highest BCUT2D eigenvalue weighted by Crippen LogP contribution is 2.16. The minimum Gasteiger partial charge on any atom is -0.389 e. The van der Waals surface area contributed by atoms with E-state index in [1.54, 1.807) is 12.4 Å². The highest BCUT2D eigenvalue weighted by atomic mass is 127. The molecule has 3 rings (SSSR count). The maximum Gasteiger partial charge on any atom is 0.225 e. The number of aliphatic imine (C=N–C) groups is 1. The fourth-order valence-corrected chi connectivity index (χ4v) is 3.32. The van der Waals surface area contributed by atoms with E-state index < -0.39 is 6.10 Å². The molecule has 2 heterocycles. The summed E-state index contributed by atoms with van der Waals surface area (Å²) in [7, 11) is 0. The lowest BCUT2D eigenvalue weighted by Crippen LogP contribution is -2.53. The Morgan fingerprint density at radius 3 is 2.45 bits per heavy atom. The molecule has 0 saturated carbocycles. The minimum absolute atomic E-state index is 0. The van der Waals surface area contributed by atoms with Crippen LogP contribution in [-0.2, 0) is 4.74 Å². The second-order valence-electron chi connectivity index (χ2n) is 7.26. The van der Waals surface area contributed by atoms with Gasteiger partial charge in [0.25, 0.3) is 0 Å². The second-order valence-corrected chi connectivity index (χ2v) is 7.26. The van der Waals surface area contributed by atoms with Crippen molar-refractivity contribution in [2.75, 3.05) is 50.8 Å². The van der Waals surface area contributed by atoms with Gasteiger partial charge in [-0.3, -0.25) is 4.99 Å². The molecule has 170 valence electrons. The monoisotopic (exact) mass is 540 g/mol. The summed E-state index contributed by atoms with van der Waals surface area (Å²) in [4.78, 5) is 17.7. The van der Waals surface area contributed by atoms with Crippen LogP contribution in [0.1, 0.15) is 25.5 Å². The van der Waals surface area contributed by atoms with Crippen LogP contribution >= 0.6 is 24.0 Å². The number of ether oxygens (including phenoxy) is 1. The summed E-state index contributed by atoms with van der Waals surface area (Å²) in [6, 6.07) is 11.8. The Bertz CT molecular complexity index is 772. The van der Waals surface area contributed by atoms with Gasteiger partial charge in [-0.15, -0.1) is 24.0 Å². The van der Waals surface area contributed by atoms with Gasteiger partial charge in [0.2, 0.25) is 5.95 Å². The van der Waals surface area contributed by atoms with Crippen LogP contribution < -0.4 is 10.2 Å². The molecule has 2 aromatic rings. The van der Waals surface area contributed by atoms with Crippen molar-refractivity contribution in [3.05, 3.63) is 54.4 Å². The van der Waals surface area contributed by atoms with Crippen LogP contribution in [0.15, 0.2) is 53.8 Å². The molecule has 1 aromatic heterocycles. The van der Waals surface area contributed by atoms with Crippen LogP contribution in [0, 0.1) is 0 Å². The van der Waals surface area contributed by atoms with Crippen LogP contribution in [0.5, 0.6) is 0 Å². The van der Waals surface area contributed by atoms with Crippen molar-refractivity contribution in [1.29, 1.82) is 0 Å². The lowest BCUT2D eigenvalue weighted by molar-refractivity contribution is 0.00104. The van der Waals surface area contributed by atoms with Gasteiger partial charge in [-0.05, 0) is 25.5 Å². The number of aliphatic hydroxyl groups is 1. The number of nitrogens with one attached hydrogen (secondary N) is 1. The fourth-order valence-electron chi connectivity index (χ4n) is 3.32. The predicted octanol–water partition coefficient (Wildman–Crippen LogP) is 2.32. The molecule has 8 nitrogen and oxygen atoms in total. The standard InChI is InChI=1S/C22H32N6O2.HI/c1-3-23-21(27-12-14-28(15-13-27)22-24-10-7-11-25-22)26-16-20(29)17-30-18(2)19-8-5-4-6-9-19;/h4-11,18,20,29H,3,12-17H2,1-2H3,(H,23,26);1H. The summed E-state index contributed by atoms with van der Waals surface area (Å²) in [5.74, 6) is 1.58. The largest absolute Gasteiger partial charge is 0.389 e.